The fourth-order valence-electron chi connectivity index (χ4n) is 4.28. The Kier molecular flexibility index (Phi) is 4.88. The van der Waals surface area contributed by atoms with Crippen LogP contribution in [0.5, 0.6) is 0 Å². The standard InChI is InChI=1S/C21H24N4O2/c26-19(12-16-4-2-1-3-5-16)25-10-6-21(7-11-25)13-17(14-21)24-20(27)18-15-22-8-9-23-18/h1-5,8-9,15,17H,6-7,10-14H2,(H,24,27). The van der Waals surface area contributed by atoms with E-state index in [1.807, 2.05) is 35.2 Å². The number of nitrogens with zero attached hydrogens (tertiary/aromatic N) is 3. The van der Waals surface area contributed by atoms with Crippen molar-refractivity contribution in [3.05, 3.63) is 60.2 Å². The Morgan fingerprint density at radius 1 is 1.11 bits per heavy atom. The SMILES string of the molecule is O=C(NC1CC2(CCN(C(=O)Cc3ccccc3)CC2)C1)c1cnccn1. The molecule has 6 nitrogen and oxygen atoms in total. The van der Waals surface area contributed by atoms with Gasteiger partial charge >= 0.3 is 0 Å². The first-order chi connectivity index (χ1) is 13.1. The summed E-state index contributed by atoms with van der Waals surface area (Å²) in [6.07, 6.45) is 9.06. The molecule has 1 saturated heterocycles. The van der Waals surface area contributed by atoms with Gasteiger partial charge < -0.3 is 10.2 Å². The van der Waals surface area contributed by atoms with Gasteiger partial charge in [0.15, 0.2) is 0 Å². The van der Waals surface area contributed by atoms with Crippen LogP contribution in [0.3, 0.4) is 0 Å². The van der Waals surface area contributed by atoms with Gasteiger partial charge in [0.05, 0.1) is 12.6 Å². The van der Waals surface area contributed by atoms with Crippen LogP contribution in [0.25, 0.3) is 0 Å². The van der Waals surface area contributed by atoms with Gasteiger partial charge in [-0.1, -0.05) is 30.3 Å². The van der Waals surface area contributed by atoms with Crippen LogP contribution in [-0.4, -0.2) is 45.8 Å². The molecule has 0 radical (unpaired) electrons. The largest absolute Gasteiger partial charge is 0.348 e. The predicted octanol–water partition coefficient (Wildman–Crippen LogP) is 2.22. The molecule has 0 unspecified atom stereocenters. The lowest BCUT2D eigenvalue weighted by Gasteiger charge is -2.52. The van der Waals surface area contributed by atoms with Gasteiger partial charge in [-0.3, -0.25) is 14.6 Å². The Morgan fingerprint density at radius 2 is 1.85 bits per heavy atom. The normalized spacial score (nSPS) is 18.7. The monoisotopic (exact) mass is 364 g/mol. The van der Waals surface area contributed by atoms with Crippen LogP contribution >= 0.6 is 0 Å². The minimum Gasteiger partial charge on any atom is -0.348 e. The molecule has 2 fully saturated rings. The van der Waals surface area contributed by atoms with Gasteiger partial charge in [-0.05, 0) is 36.7 Å². The zero-order valence-electron chi connectivity index (χ0n) is 15.3. The number of carbonyl (C=O) groups excluding carboxylic acids is 2. The molecule has 1 aromatic heterocycles. The molecule has 2 heterocycles. The van der Waals surface area contributed by atoms with Crippen LogP contribution in [0.1, 0.15) is 41.7 Å². The second-order valence-corrected chi connectivity index (χ2v) is 7.71. The average molecular weight is 364 g/mol. The van der Waals surface area contributed by atoms with E-state index in [1.165, 1.54) is 12.4 Å². The van der Waals surface area contributed by atoms with Crippen molar-refractivity contribution in [2.75, 3.05) is 13.1 Å². The van der Waals surface area contributed by atoms with E-state index in [1.54, 1.807) is 6.20 Å². The van der Waals surface area contributed by atoms with Crippen LogP contribution in [0.2, 0.25) is 0 Å². The second-order valence-electron chi connectivity index (χ2n) is 7.71. The third-order valence-electron chi connectivity index (χ3n) is 5.86. The molecule has 1 aromatic carbocycles. The van der Waals surface area contributed by atoms with Gasteiger partial charge in [-0.25, -0.2) is 4.98 Å². The predicted molar refractivity (Wildman–Crippen MR) is 101 cm³/mol. The molecule has 4 rings (SSSR count). The third kappa shape index (κ3) is 3.99. The van der Waals surface area contributed by atoms with E-state index >= 15 is 0 Å². The highest BCUT2D eigenvalue weighted by molar-refractivity contribution is 5.92. The Hall–Kier alpha value is -2.76. The number of likely N-dealkylation sites (tertiary alicyclic amines) is 1. The summed E-state index contributed by atoms with van der Waals surface area (Å²) in [7, 11) is 0. The first kappa shape index (κ1) is 17.6. The van der Waals surface area contributed by atoms with Gasteiger partial charge in [0.25, 0.3) is 5.91 Å². The maximum absolute atomic E-state index is 12.5. The number of carbonyl (C=O) groups is 2. The summed E-state index contributed by atoms with van der Waals surface area (Å²) >= 11 is 0. The first-order valence-electron chi connectivity index (χ1n) is 9.52. The zero-order chi connectivity index (χ0) is 18.7. The molecule has 2 amide bonds. The number of benzene rings is 1. The minimum atomic E-state index is -0.154. The van der Waals surface area contributed by atoms with E-state index in [4.69, 9.17) is 0 Å². The molecule has 0 atom stereocenters. The lowest BCUT2D eigenvalue weighted by Crippen LogP contribution is -2.55. The van der Waals surface area contributed by atoms with Crippen LogP contribution in [0.15, 0.2) is 48.9 Å². The van der Waals surface area contributed by atoms with Crippen LogP contribution in [0.4, 0.5) is 0 Å². The van der Waals surface area contributed by atoms with Crippen molar-refractivity contribution in [1.29, 1.82) is 0 Å². The summed E-state index contributed by atoms with van der Waals surface area (Å²) in [6, 6.07) is 10.1. The van der Waals surface area contributed by atoms with E-state index < -0.39 is 0 Å². The van der Waals surface area contributed by atoms with Gasteiger partial charge in [-0.2, -0.15) is 0 Å². The molecule has 2 aliphatic rings. The van der Waals surface area contributed by atoms with Gasteiger partial charge in [0.2, 0.25) is 5.91 Å². The highest BCUT2D eigenvalue weighted by Gasteiger charge is 2.46. The van der Waals surface area contributed by atoms with E-state index in [2.05, 4.69) is 15.3 Å². The summed E-state index contributed by atoms with van der Waals surface area (Å²) in [5, 5.41) is 3.05. The maximum atomic E-state index is 12.5. The molecular weight excluding hydrogens is 340 g/mol. The molecule has 1 aliphatic heterocycles. The molecule has 1 saturated carbocycles. The van der Waals surface area contributed by atoms with E-state index in [9.17, 15) is 9.59 Å². The lowest BCUT2D eigenvalue weighted by atomic mass is 9.60. The first-order valence-corrected chi connectivity index (χ1v) is 9.52. The number of rotatable bonds is 4. The maximum Gasteiger partial charge on any atom is 0.271 e. The molecular formula is C21H24N4O2. The lowest BCUT2D eigenvalue weighted by molar-refractivity contribution is -0.134. The number of piperidine rings is 1. The van der Waals surface area contributed by atoms with Crippen LogP contribution in [0, 0.1) is 5.41 Å². The van der Waals surface area contributed by atoms with E-state index in [-0.39, 0.29) is 23.3 Å². The number of hydrogen-bond acceptors (Lipinski definition) is 4. The second kappa shape index (κ2) is 7.47. The quantitative estimate of drug-likeness (QED) is 0.903. The van der Waals surface area contributed by atoms with Crippen molar-refractivity contribution in [3.63, 3.8) is 0 Å². The highest BCUT2D eigenvalue weighted by atomic mass is 16.2. The van der Waals surface area contributed by atoms with E-state index in [0.29, 0.717) is 12.1 Å². The summed E-state index contributed by atoms with van der Waals surface area (Å²) < 4.78 is 0. The molecule has 140 valence electrons. The molecule has 27 heavy (non-hydrogen) atoms. The smallest absolute Gasteiger partial charge is 0.271 e. The Bertz CT molecular complexity index is 793. The highest BCUT2D eigenvalue weighted by Crippen LogP contribution is 2.49. The van der Waals surface area contributed by atoms with Crippen molar-refractivity contribution < 1.29 is 9.59 Å². The summed E-state index contributed by atoms with van der Waals surface area (Å²) in [5.74, 6) is 0.0568. The fraction of sp³-hybridized carbons (Fsp3) is 0.429. The molecule has 1 spiro atoms. The number of nitrogens with one attached hydrogen (secondary N) is 1. The fourth-order valence-corrected chi connectivity index (χ4v) is 4.28. The Labute approximate surface area is 159 Å². The molecule has 6 heteroatoms. The number of hydrogen-bond donors (Lipinski definition) is 1. The van der Waals surface area contributed by atoms with E-state index in [0.717, 1.165) is 44.3 Å². The number of aromatic nitrogens is 2. The summed E-state index contributed by atoms with van der Waals surface area (Å²) in [5.41, 5.74) is 1.71. The molecule has 1 N–H and O–H groups in total. The van der Waals surface area contributed by atoms with Gasteiger partial charge in [0.1, 0.15) is 5.69 Å². The van der Waals surface area contributed by atoms with Crippen molar-refractivity contribution in [2.45, 2.75) is 38.1 Å². The molecule has 2 aromatic rings. The molecule has 0 bridgehead atoms. The Morgan fingerprint density at radius 3 is 2.52 bits per heavy atom. The summed E-state index contributed by atoms with van der Waals surface area (Å²) in [6.45, 7) is 1.63. The third-order valence-corrected chi connectivity index (χ3v) is 5.86. The Balaban J connectivity index is 1.23. The van der Waals surface area contributed by atoms with Crippen LogP contribution < -0.4 is 5.32 Å². The van der Waals surface area contributed by atoms with Crippen molar-refractivity contribution in [1.82, 2.24) is 20.2 Å². The minimum absolute atomic E-state index is 0.154. The van der Waals surface area contributed by atoms with Crippen molar-refractivity contribution in [2.24, 2.45) is 5.41 Å². The average Bonchev–Trinajstić information content (AvgIpc) is 2.68. The van der Waals surface area contributed by atoms with Crippen molar-refractivity contribution >= 4 is 11.8 Å². The van der Waals surface area contributed by atoms with Gasteiger partial charge in [0, 0.05) is 31.5 Å². The zero-order valence-corrected chi connectivity index (χ0v) is 15.3. The van der Waals surface area contributed by atoms with Crippen LogP contribution in [-0.2, 0) is 11.2 Å². The van der Waals surface area contributed by atoms with Crippen molar-refractivity contribution in [3.8, 4) is 0 Å². The number of amides is 2. The topological polar surface area (TPSA) is 75.2 Å². The summed E-state index contributed by atoms with van der Waals surface area (Å²) in [4.78, 5) is 34.6. The molecule has 1 aliphatic carbocycles. The van der Waals surface area contributed by atoms with Gasteiger partial charge in [-0.15, -0.1) is 0 Å².